The van der Waals surface area contributed by atoms with Crippen molar-refractivity contribution in [2.45, 2.75) is 26.2 Å². The van der Waals surface area contributed by atoms with E-state index in [4.69, 9.17) is 10.5 Å². The fourth-order valence-corrected chi connectivity index (χ4v) is 1.44. The maximum atomic E-state index is 11.7. The van der Waals surface area contributed by atoms with Crippen molar-refractivity contribution in [2.24, 2.45) is 7.05 Å². The Morgan fingerprint density at radius 2 is 2.22 bits per heavy atom. The summed E-state index contributed by atoms with van der Waals surface area (Å²) in [6, 6.07) is 0. The second-order valence-electron chi connectivity index (χ2n) is 4.14. The highest BCUT2D eigenvalue weighted by atomic mass is 16.5. The van der Waals surface area contributed by atoms with Crippen LogP contribution in [0, 0.1) is 0 Å². The highest BCUT2D eigenvalue weighted by molar-refractivity contribution is 5.98. The van der Waals surface area contributed by atoms with E-state index in [1.165, 1.54) is 10.9 Å². The molecule has 6 heteroatoms. The monoisotopic (exact) mass is 254 g/mol. The second kappa shape index (κ2) is 7.71. The summed E-state index contributed by atoms with van der Waals surface area (Å²) >= 11 is 0. The smallest absolute Gasteiger partial charge is 0.256 e. The number of hydrogen-bond acceptors (Lipinski definition) is 4. The highest BCUT2D eigenvalue weighted by Gasteiger charge is 2.12. The number of aryl methyl sites for hydroxylation is 1. The quantitative estimate of drug-likeness (QED) is 0.676. The Kier molecular flexibility index (Phi) is 6.21. The first-order valence-electron chi connectivity index (χ1n) is 6.30. The number of nitrogens with zero attached hydrogens (tertiary/aromatic N) is 2. The number of nitrogens with two attached hydrogens (primary N) is 1. The summed E-state index contributed by atoms with van der Waals surface area (Å²) in [6.07, 6.45) is 4.49. The summed E-state index contributed by atoms with van der Waals surface area (Å²) in [5.74, 6) is 0.195. The molecule has 1 aromatic heterocycles. The molecule has 0 fully saturated rings. The fourth-order valence-electron chi connectivity index (χ4n) is 1.44. The van der Waals surface area contributed by atoms with Crippen molar-refractivity contribution in [3.05, 3.63) is 11.8 Å². The van der Waals surface area contributed by atoms with Gasteiger partial charge in [-0.3, -0.25) is 9.48 Å². The molecular formula is C12H22N4O2. The molecule has 0 saturated carbocycles. The average Bonchev–Trinajstić information content (AvgIpc) is 2.69. The maximum Gasteiger partial charge on any atom is 0.256 e. The molecule has 0 bridgehead atoms. The second-order valence-corrected chi connectivity index (χ2v) is 4.14. The van der Waals surface area contributed by atoms with Gasteiger partial charge in [0.2, 0.25) is 0 Å². The van der Waals surface area contributed by atoms with Gasteiger partial charge in [0.05, 0.1) is 6.20 Å². The van der Waals surface area contributed by atoms with Crippen molar-refractivity contribution < 1.29 is 9.53 Å². The summed E-state index contributed by atoms with van der Waals surface area (Å²) < 4.78 is 6.87. The minimum atomic E-state index is -0.186. The number of carbonyl (C=O) groups is 1. The molecule has 1 rings (SSSR count). The van der Waals surface area contributed by atoms with Gasteiger partial charge in [-0.15, -0.1) is 0 Å². The van der Waals surface area contributed by atoms with E-state index in [1.54, 1.807) is 7.05 Å². The number of nitrogens with one attached hydrogen (secondary N) is 1. The van der Waals surface area contributed by atoms with Gasteiger partial charge in [-0.05, 0) is 12.8 Å². The van der Waals surface area contributed by atoms with E-state index in [0.717, 1.165) is 25.9 Å². The Balaban J connectivity index is 2.16. The molecule has 0 radical (unpaired) electrons. The van der Waals surface area contributed by atoms with Gasteiger partial charge in [-0.25, -0.2) is 0 Å². The van der Waals surface area contributed by atoms with Gasteiger partial charge in [-0.2, -0.15) is 5.10 Å². The maximum absolute atomic E-state index is 11.7. The number of rotatable bonds is 8. The van der Waals surface area contributed by atoms with Gasteiger partial charge in [0.25, 0.3) is 5.91 Å². The molecule has 0 aliphatic heterocycles. The third-order valence-corrected chi connectivity index (χ3v) is 2.62. The first kappa shape index (κ1) is 14.5. The number of ether oxygens (including phenoxy) is 1. The highest BCUT2D eigenvalue weighted by Crippen LogP contribution is 2.08. The molecule has 1 aromatic rings. The Morgan fingerprint density at radius 3 is 2.83 bits per heavy atom. The zero-order valence-electron chi connectivity index (χ0n) is 11.1. The topological polar surface area (TPSA) is 82.2 Å². The Hall–Kier alpha value is -1.56. The van der Waals surface area contributed by atoms with Crippen LogP contribution in [0.25, 0.3) is 0 Å². The molecule has 0 aliphatic carbocycles. The molecule has 3 N–H and O–H groups in total. The zero-order chi connectivity index (χ0) is 13.4. The molecule has 0 saturated heterocycles. The summed E-state index contributed by atoms with van der Waals surface area (Å²) in [6.45, 7) is 4.17. The van der Waals surface area contributed by atoms with E-state index >= 15 is 0 Å². The normalized spacial score (nSPS) is 10.6. The summed E-state index contributed by atoms with van der Waals surface area (Å²) in [7, 11) is 1.70. The van der Waals surface area contributed by atoms with Crippen LogP contribution in [-0.4, -0.2) is 35.4 Å². The Morgan fingerprint density at radius 1 is 1.50 bits per heavy atom. The van der Waals surface area contributed by atoms with Gasteiger partial charge in [-0.1, -0.05) is 13.3 Å². The lowest BCUT2D eigenvalue weighted by Gasteiger charge is -2.05. The van der Waals surface area contributed by atoms with Gasteiger partial charge in [0.15, 0.2) is 0 Å². The average molecular weight is 254 g/mol. The molecule has 0 unspecified atom stereocenters. The Bertz CT molecular complexity index is 376. The van der Waals surface area contributed by atoms with Crippen LogP contribution in [0.2, 0.25) is 0 Å². The predicted octanol–water partition coefficient (Wildman–Crippen LogP) is 0.939. The molecular weight excluding hydrogens is 232 g/mol. The van der Waals surface area contributed by atoms with Crippen LogP contribution in [-0.2, 0) is 11.8 Å². The van der Waals surface area contributed by atoms with Gasteiger partial charge >= 0.3 is 0 Å². The fraction of sp³-hybridized carbons (Fsp3) is 0.667. The van der Waals surface area contributed by atoms with E-state index in [0.29, 0.717) is 24.5 Å². The number of hydrogen-bond donors (Lipinski definition) is 2. The van der Waals surface area contributed by atoms with Crippen molar-refractivity contribution in [3.63, 3.8) is 0 Å². The number of aromatic nitrogens is 2. The van der Waals surface area contributed by atoms with Crippen LogP contribution in [0.1, 0.15) is 36.5 Å². The van der Waals surface area contributed by atoms with Crippen molar-refractivity contribution in [3.8, 4) is 0 Å². The van der Waals surface area contributed by atoms with Crippen LogP contribution < -0.4 is 11.1 Å². The largest absolute Gasteiger partial charge is 0.383 e. The number of amides is 1. The third kappa shape index (κ3) is 4.37. The SMILES string of the molecule is CCCCOCCCNC(=O)c1cnn(C)c1N. The molecule has 0 aromatic carbocycles. The van der Waals surface area contributed by atoms with Crippen molar-refractivity contribution in [2.75, 3.05) is 25.5 Å². The predicted molar refractivity (Wildman–Crippen MR) is 70.3 cm³/mol. The zero-order valence-corrected chi connectivity index (χ0v) is 11.1. The molecule has 18 heavy (non-hydrogen) atoms. The van der Waals surface area contributed by atoms with Crippen molar-refractivity contribution in [1.29, 1.82) is 0 Å². The first-order chi connectivity index (χ1) is 8.66. The van der Waals surface area contributed by atoms with Crippen LogP contribution in [0.5, 0.6) is 0 Å². The molecule has 1 amide bonds. The van der Waals surface area contributed by atoms with Gasteiger partial charge in [0.1, 0.15) is 11.4 Å². The van der Waals surface area contributed by atoms with Crippen LogP contribution in [0.3, 0.4) is 0 Å². The molecule has 6 nitrogen and oxygen atoms in total. The minimum Gasteiger partial charge on any atom is -0.383 e. The van der Waals surface area contributed by atoms with E-state index in [-0.39, 0.29) is 5.91 Å². The third-order valence-electron chi connectivity index (χ3n) is 2.62. The summed E-state index contributed by atoms with van der Waals surface area (Å²) in [5, 5.41) is 6.71. The lowest BCUT2D eigenvalue weighted by Crippen LogP contribution is -2.25. The standard InChI is InChI=1S/C12H22N4O2/c1-3-4-7-18-8-5-6-14-12(17)10-9-15-16(2)11(10)13/h9H,3-8,13H2,1-2H3,(H,14,17). The van der Waals surface area contributed by atoms with Gasteiger partial charge in [0, 0.05) is 26.8 Å². The van der Waals surface area contributed by atoms with E-state index < -0.39 is 0 Å². The van der Waals surface area contributed by atoms with Crippen molar-refractivity contribution >= 4 is 11.7 Å². The van der Waals surface area contributed by atoms with E-state index in [1.807, 2.05) is 0 Å². The lowest BCUT2D eigenvalue weighted by molar-refractivity contribution is 0.0941. The van der Waals surface area contributed by atoms with Gasteiger partial charge < -0.3 is 15.8 Å². The minimum absolute atomic E-state index is 0.186. The molecule has 1 heterocycles. The Labute approximate surface area is 107 Å². The van der Waals surface area contributed by atoms with Crippen LogP contribution in [0.4, 0.5) is 5.82 Å². The van der Waals surface area contributed by atoms with Crippen molar-refractivity contribution in [1.82, 2.24) is 15.1 Å². The molecule has 0 atom stereocenters. The van der Waals surface area contributed by atoms with Crippen LogP contribution in [0.15, 0.2) is 6.20 Å². The number of carbonyl (C=O) groups excluding carboxylic acids is 1. The number of anilines is 1. The number of unbranched alkanes of at least 4 members (excludes halogenated alkanes) is 1. The number of nitrogen functional groups attached to an aromatic ring is 1. The lowest BCUT2D eigenvalue weighted by atomic mass is 10.3. The van der Waals surface area contributed by atoms with E-state index in [9.17, 15) is 4.79 Å². The molecule has 0 spiro atoms. The van der Waals surface area contributed by atoms with Crippen LogP contribution >= 0.6 is 0 Å². The first-order valence-corrected chi connectivity index (χ1v) is 6.30. The van der Waals surface area contributed by atoms with E-state index in [2.05, 4.69) is 17.3 Å². The summed E-state index contributed by atoms with van der Waals surface area (Å²) in [4.78, 5) is 11.7. The summed E-state index contributed by atoms with van der Waals surface area (Å²) in [5.41, 5.74) is 6.12. The molecule has 102 valence electrons. The molecule has 0 aliphatic rings.